The average Bonchev–Trinajstić information content (AvgIpc) is 2.67. The summed E-state index contributed by atoms with van der Waals surface area (Å²) in [6, 6.07) is 16.1. The topological polar surface area (TPSA) is 58.1 Å². The molecular formula is C22H24N4O. The third-order valence-corrected chi connectivity index (χ3v) is 5.09. The highest BCUT2D eigenvalue weighted by molar-refractivity contribution is 6.02. The highest BCUT2D eigenvalue weighted by Crippen LogP contribution is 2.26. The van der Waals surface area contributed by atoms with Crippen LogP contribution in [0.5, 0.6) is 0 Å². The molecule has 1 aliphatic heterocycles. The third kappa shape index (κ3) is 3.77. The lowest BCUT2D eigenvalue weighted by Gasteiger charge is -2.32. The van der Waals surface area contributed by atoms with Crippen LogP contribution in [-0.2, 0) is 4.79 Å². The number of hydrogen-bond donors (Lipinski definition) is 1. The minimum absolute atomic E-state index is 0.0675. The van der Waals surface area contributed by atoms with Crippen molar-refractivity contribution in [2.75, 3.05) is 23.3 Å². The van der Waals surface area contributed by atoms with Crippen LogP contribution in [0.3, 0.4) is 0 Å². The smallest absolute Gasteiger partial charge is 0.229 e. The summed E-state index contributed by atoms with van der Waals surface area (Å²) in [5.74, 6) is 0.734. The van der Waals surface area contributed by atoms with Crippen molar-refractivity contribution >= 4 is 28.3 Å². The Bertz CT molecular complexity index is 959. The fourth-order valence-electron chi connectivity index (χ4n) is 3.79. The molecule has 3 aromatic rings. The molecule has 1 aromatic heterocycles. The van der Waals surface area contributed by atoms with Gasteiger partial charge in [0.25, 0.3) is 0 Å². The van der Waals surface area contributed by atoms with Crippen LogP contribution in [0.15, 0.2) is 48.5 Å². The second-order valence-electron chi connectivity index (χ2n) is 7.25. The fourth-order valence-corrected chi connectivity index (χ4v) is 3.79. The van der Waals surface area contributed by atoms with E-state index in [-0.39, 0.29) is 11.8 Å². The number of fused-ring (bicyclic) bond motifs is 1. The molecule has 138 valence electrons. The van der Waals surface area contributed by atoms with Crippen molar-refractivity contribution in [2.24, 2.45) is 5.92 Å². The molecule has 4 rings (SSSR count). The monoisotopic (exact) mass is 360 g/mol. The summed E-state index contributed by atoms with van der Waals surface area (Å²) >= 11 is 0. The molecule has 0 saturated carbocycles. The van der Waals surface area contributed by atoms with Gasteiger partial charge in [0, 0.05) is 35.6 Å². The Labute approximate surface area is 159 Å². The zero-order valence-electron chi connectivity index (χ0n) is 15.8. The summed E-state index contributed by atoms with van der Waals surface area (Å²) in [5, 5.41) is 5.34. The first kappa shape index (κ1) is 17.5. The van der Waals surface area contributed by atoms with Gasteiger partial charge >= 0.3 is 0 Å². The Hall–Kier alpha value is -2.95. The van der Waals surface area contributed by atoms with E-state index in [1.165, 1.54) is 0 Å². The maximum absolute atomic E-state index is 12.9. The zero-order valence-corrected chi connectivity index (χ0v) is 15.8. The van der Waals surface area contributed by atoms with Crippen molar-refractivity contribution in [3.63, 3.8) is 0 Å². The van der Waals surface area contributed by atoms with E-state index in [0.29, 0.717) is 6.54 Å². The number of amides is 1. The highest BCUT2D eigenvalue weighted by atomic mass is 16.1. The summed E-state index contributed by atoms with van der Waals surface area (Å²) in [6.45, 7) is 5.50. The Morgan fingerprint density at radius 3 is 2.63 bits per heavy atom. The van der Waals surface area contributed by atoms with Crippen LogP contribution in [-0.4, -0.2) is 29.0 Å². The van der Waals surface area contributed by atoms with E-state index in [0.717, 1.165) is 53.2 Å². The molecule has 1 saturated heterocycles. The summed E-state index contributed by atoms with van der Waals surface area (Å²) in [7, 11) is 0. The standard InChI is InChI=1S/C22H24N4O/c1-15-13-16(2)24-22(23-15)26-12-6-9-18(14-26)21(27)25-20-11-5-8-17-7-3-4-10-19(17)20/h3-5,7-8,10-11,13,18H,6,9,12,14H2,1-2H3,(H,25,27)/t18-/m1/s1. The first-order valence-electron chi connectivity index (χ1n) is 9.46. The van der Waals surface area contributed by atoms with Gasteiger partial charge in [-0.05, 0) is 44.2 Å². The van der Waals surface area contributed by atoms with Gasteiger partial charge in [-0.25, -0.2) is 9.97 Å². The van der Waals surface area contributed by atoms with Gasteiger partial charge in [0.05, 0.1) is 5.92 Å². The van der Waals surface area contributed by atoms with Gasteiger partial charge in [-0.1, -0.05) is 36.4 Å². The predicted octanol–water partition coefficient (Wildman–Crippen LogP) is 4.10. The molecule has 1 amide bonds. The van der Waals surface area contributed by atoms with Gasteiger partial charge in [0.1, 0.15) is 0 Å². The predicted molar refractivity (Wildman–Crippen MR) is 109 cm³/mol. The van der Waals surface area contributed by atoms with Crippen molar-refractivity contribution in [2.45, 2.75) is 26.7 Å². The maximum atomic E-state index is 12.9. The largest absolute Gasteiger partial charge is 0.340 e. The first-order chi connectivity index (χ1) is 13.1. The SMILES string of the molecule is Cc1cc(C)nc(N2CCC[C@@H](C(=O)Nc3cccc4ccccc34)C2)n1. The molecule has 5 nitrogen and oxygen atoms in total. The van der Waals surface area contributed by atoms with Gasteiger partial charge in [0.2, 0.25) is 11.9 Å². The molecular weight excluding hydrogens is 336 g/mol. The number of carbonyl (C=O) groups is 1. The molecule has 0 radical (unpaired) electrons. The van der Waals surface area contributed by atoms with Crippen molar-refractivity contribution in [1.82, 2.24) is 9.97 Å². The van der Waals surface area contributed by atoms with Gasteiger partial charge in [0.15, 0.2) is 0 Å². The number of piperidine rings is 1. The van der Waals surface area contributed by atoms with Crippen LogP contribution < -0.4 is 10.2 Å². The molecule has 0 bridgehead atoms. The molecule has 5 heteroatoms. The number of aryl methyl sites for hydroxylation is 2. The molecule has 2 aromatic carbocycles. The quantitative estimate of drug-likeness (QED) is 0.764. The van der Waals surface area contributed by atoms with E-state index in [4.69, 9.17) is 0 Å². The number of benzene rings is 2. The van der Waals surface area contributed by atoms with Gasteiger partial charge in [-0.15, -0.1) is 0 Å². The summed E-state index contributed by atoms with van der Waals surface area (Å²) in [6.07, 6.45) is 1.85. The molecule has 0 aliphatic carbocycles. The van der Waals surface area contributed by atoms with Gasteiger partial charge in [-0.2, -0.15) is 0 Å². The van der Waals surface area contributed by atoms with Crippen molar-refractivity contribution in [1.29, 1.82) is 0 Å². The van der Waals surface area contributed by atoms with Crippen LogP contribution in [0.2, 0.25) is 0 Å². The lowest BCUT2D eigenvalue weighted by Crippen LogP contribution is -2.41. The molecule has 1 atom stereocenters. The van der Waals surface area contributed by atoms with E-state index in [2.05, 4.69) is 32.3 Å². The molecule has 1 aliphatic rings. The summed E-state index contributed by atoms with van der Waals surface area (Å²) < 4.78 is 0. The Kier molecular flexibility index (Phi) is 4.75. The first-order valence-corrected chi connectivity index (χ1v) is 9.46. The lowest BCUT2D eigenvalue weighted by molar-refractivity contribution is -0.120. The van der Waals surface area contributed by atoms with E-state index in [1.54, 1.807) is 0 Å². The van der Waals surface area contributed by atoms with E-state index < -0.39 is 0 Å². The number of rotatable bonds is 3. The minimum Gasteiger partial charge on any atom is -0.340 e. The molecule has 0 spiro atoms. The maximum Gasteiger partial charge on any atom is 0.229 e. The molecule has 0 unspecified atom stereocenters. The lowest BCUT2D eigenvalue weighted by atomic mass is 9.97. The second-order valence-corrected chi connectivity index (χ2v) is 7.25. The number of nitrogens with zero attached hydrogens (tertiary/aromatic N) is 3. The van der Waals surface area contributed by atoms with Crippen molar-refractivity contribution in [3.05, 3.63) is 59.9 Å². The second kappa shape index (κ2) is 7.35. The summed E-state index contributed by atoms with van der Waals surface area (Å²) in [4.78, 5) is 24.2. The number of aromatic nitrogens is 2. The van der Waals surface area contributed by atoms with E-state index in [9.17, 15) is 4.79 Å². The normalized spacial score (nSPS) is 17.1. The Balaban J connectivity index is 1.51. The zero-order chi connectivity index (χ0) is 18.8. The Morgan fingerprint density at radius 2 is 1.81 bits per heavy atom. The van der Waals surface area contributed by atoms with Crippen molar-refractivity contribution in [3.8, 4) is 0 Å². The highest BCUT2D eigenvalue weighted by Gasteiger charge is 2.27. The van der Waals surface area contributed by atoms with E-state index in [1.807, 2.05) is 50.2 Å². The van der Waals surface area contributed by atoms with Crippen LogP contribution in [0.4, 0.5) is 11.6 Å². The van der Waals surface area contributed by atoms with Crippen LogP contribution in [0.1, 0.15) is 24.2 Å². The van der Waals surface area contributed by atoms with Crippen LogP contribution >= 0.6 is 0 Å². The van der Waals surface area contributed by atoms with Gasteiger partial charge in [-0.3, -0.25) is 4.79 Å². The number of carbonyl (C=O) groups excluding carboxylic acids is 1. The molecule has 27 heavy (non-hydrogen) atoms. The van der Waals surface area contributed by atoms with Crippen LogP contribution in [0.25, 0.3) is 10.8 Å². The average molecular weight is 360 g/mol. The number of anilines is 2. The van der Waals surface area contributed by atoms with Crippen molar-refractivity contribution < 1.29 is 4.79 Å². The minimum atomic E-state index is -0.0675. The summed E-state index contributed by atoms with van der Waals surface area (Å²) in [5.41, 5.74) is 2.79. The molecule has 2 heterocycles. The fraction of sp³-hybridized carbons (Fsp3) is 0.318. The van der Waals surface area contributed by atoms with Crippen LogP contribution in [0, 0.1) is 19.8 Å². The third-order valence-electron chi connectivity index (χ3n) is 5.09. The Morgan fingerprint density at radius 1 is 1.07 bits per heavy atom. The van der Waals surface area contributed by atoms with E-state index >= 15 is 0 Å². The van der Waals surface area contributed by atoms with Gasteiger partial charge < -0.3 is 10.2 Å². The molecule has 1 fully saturated rings. The number of hydrogen-bond acceptors (Lipinski definition) is 4. The number of nitrogens with one attached hydrogen (secondary N) is 1. The molecule has 1 N–H and O–H groups in total.